The first-order valence-electron chi connectivity index (χ1n) is 8.93. The van der Waals surface area contributed by atoms with Gasteiger partial charge in [0.25, 0.3) is 5.91 Å². The molecular formula is C20H22N2O5. The fourth-order valence-electron chi connectivity index (χ4n) is 3.02. The summed E-state index contributed by atoms with van der Waals surface area (Å²) < 4.78 is 10.3. The van der Waals surface area contributed by atoms with Crippen molar-refractivity contribution in [1.82, 2.24) is 10.2 Å². The number of furan rings is 1. The molecule has 3 rings (SSSR count). The molecule has 7 heteroatoms. The molecule has 7 nitrogen and oxygen atoms in total. The van der Waals surface area contributed by atoms with Gasteiger partial charge in [0.15, 0.2) is 5.76 Å². The van der Waals surface area contributed by atoms with E-state index < -0.39 is 5.97 Å². The minimum Gasteiger partial charge on any atom is -0.460 e. The number of hydrogen-bond acceptors (Lipinski definition) is 5. The molecule has 0 radical (unpaired) electrons. The van der Waals surface area contributed by atoms with Gasteiger partial charge in [-0.15, -0.1) is 0 Å². The van der Waals surface area contributed by atoms with Crippen LogP contribution in [0.4, 0.5) is 0 Å². The molecule has 1 saturated heterocycles. The number of ether oxygens (including phenoxy) is 1. The number of likely N-dealkylation sites (tertiary alicyclic amines) is 1. The highest BCUT2D eigenvalue weighted by molar-refractivity contribution is 5.92. The van der Waals surface area contributed by atoms with Gasteiger partial charge in [0.05, 0.1) is 12.2 Å². The Kier molecular flexibility index (Phi) is 6.25. The number of nitrogens with one attached hydrogen (secondary N) is 1. The molecule has 142 valence electrons. The van der Waals surface area contributed by atoms with Crippen LogP contribution in [0.5, 0.6) is 0 Å². The maximum absolute atomic E-state index is 12.4. The summed E-state index contributed by atoms with van der Waals surface area (Å²) in [6.45, 7) is 0.881. The van der Waals surface area contributed by atoms with E-state index in [1.807, 2.05) is 30.3 Å². The molecule has 1 aromatic heterocycles. The van der Waals surface area contributed by atoms with Gasteiger partial charge in [-0.05, 0) is 30.5 Å². The van der Waals surface area contributed by atoms with Gasteiger partial charge >= 0.3 is 5.97 Å². The fraction of sp³-hybridized carbons (Fsp3) is 0.350. The Morgan fingerprint density at radius 3 is 2.70 bits per heavy atom. The number of hydrogen-bond donors (Lipinski definition) is 1. The monoisotopic (exact) mass is 370 g/mol. The van der Waals surface area contributed by atoms with Crippen LogP contribution in [-0.4, -0.2) is 42.3 Å². The van der Waals surface area contributed by atoms with Crippen LogP contribution in [0.3, 0.4) is 0 Å². The number of nitrogens with zero attached hydrogens (tertiary/aromatic N) is 1. The molecule has 1 fully saturated rings. The van der Waals surface area contributed by atoms with Crippen molar-refractivity contribution in [3.63, 3.8) is 0 Å². The van der Waals surface area contributed by atoms with Crippen molar-refractivity contribution in [3.8, 4) is 0 Å². The minimum absolute atomic E-state index is 0.171. The summed E-state index contributed by atoms with van der Waals surface area (Å²) in [6, 6.07) is 12.6. The average Bonchev–Trinajstić information content (AvgIpc) is 3.25. The third-order valence-corrected chi connectivity index (χ3v) is 4.46. The van der Waals surface area contributed by atoms with Crippen molar-refractivity contribution in [3.05, 3.63) is 60.1 Å². The third-order valence-electron chi connectivity index (χ3n) is 4.46. The van der Waals surface area contributed by atoms with Crippen LogP contribution in [0.15, 0.2) is 53.1 Å². The zero-order valence-corrected chi connectivity index (χ0v) is 14.9. The van der Waals surface area contributed by atoms with Gasteiger partial charge in [0.2, 0.25) is 5.91 Å². The topological polar surface area (TPSA) is 88.9 Å². The Bertz CT molecular complexity index is 773. The van der Waals surface area contributed by atoms with Crippen LogP contribution in [0, 0.1) is 5.92 Å². The van der Waals surface area contributed by atoms with Crippen molar-refractivity contribution < 1.29 is 23.5 Å². The van der Waals surface area contributed by atoms with Gasteiger partial charge < -0.3 is 19.4 Å². The Labute approximate surface area is 157 Å². The molecule has 0 saturated carbocycles. The first-order chi connectivity index (χ1) is 13.1. The molecule has 1 N–H and O–H groups in total. The summed E-state index contributed by atoms with van der Waals surface area (Å²) in [4.78, 5) is 38.1. The number of benzene rings is 1. The van der Waals surface area contributed by atoms with Crippen LogP contribution < -0.4 is 5.32 Å². The van der Waals surface area contributed by atoms with E-state index in [-0.39, 0.29) is 36.6 Å². The van der Waals surface area contributed by atoms with Gasteiger partial charge in [-0.25, -0.2) is 0 Å². The first kappa shape index (κ1) is 18.7. The fourth-order valence-corrected chi connectivity index (χ4v) is 3.02. The molecule has 0 bridgehead atoms. The summed E-state index contributed by atoms with van der Waals surface area (Å²) in [5, 5.41) is 2.61. The number of carbonyl (C=O) groups is 3. The van der Waals surface area contributed by atoms with E-state index in [4.69, 9.17) is 9.15 Å². The highest BCUT2D eigenvalue weighted by Gasteiger charge is 2.30. The summed E-state index contributed by atoms with van der Waals surface area (Å²) >= 11 is 0. The SMILES string of the molecule is O=C(CNC(=O)C1CCCN(C(=O)c2ccco2)C1)OCc1ccccc1. The lowest BCUT2D eigenvalue weighted by atomic mass is 9.97. The highest BCUT2D eigenvalue weighted by Crippen LogP contribution is 2.19. The van der Waals surface area contributed by atoms with Gasteiger partial charge in [0.1, 0.15) is 13.2 Å². The minimum atomic E-state index is -0.494. The Morgan fingerprint density at radius 2 is 1.96 bits per heavy atom. The number of carbonyl (C=O) groups excluding carboxylic acids is 3. The van der Waals surface area contributed by atoms with Gasteiger partial charge in [-0.1, -0.05) is 30.3 Å². The van der Waals surface area contributed by atoms with Crippen molar-refractivity contribution in [2.75, 3.05) is 19.6 Å². The van der Waals surface area contributed by atoms with Crippen LogP contribution in [-0.2, 0) is 20.9 Å². The predicted molar refractivity (Wildman–Crippen MR) is 96.6 cm³/mol. The zero-order valence-electron chi connectivity index (χ0n) is 14.9. The second-order valence-electron chi connectivity index (χ2n) is 6.43. The molecule has 1 aliphatic rings. The Morgan fingerprint density at radius 1 is 1.15 bits per heavy atom. The molecule has 1 unspecified atom stereocenters. The van der Waals surface area contributed by atoms with Crippen LogP contribution in [0.1, 0.15) is 29.0 Å². The predicted octanol–water partition coefficient (Wildman–Crippen LogP) is 1.99. The second kappa shape index (κ2) is 9.02. The van der Waals surface area contributed by atoms with Crippen molar-refractivity contribution in [2.45, 2.75) is 19.4 Å². The van der Waals surface area contributed by atoms with E-state index in [2.05, 4.69) is 5.32 Å². The number of rotatable bonds is 6. The van der Waals surface area contributed by atoms with E-state index in [0.29, 0.717) is 19.5 Å². The largest absolute Gasteiger partial charge is 0.460 e. The third kappa shape index (κ3) is 5.20. The van der Waals surface area contributed by atoms with Crippen molar-refractivity contribution in [2.24, 2.45) is 5.92 Å². The molecule has 1 aromatic carbocycles. The summed E-state index contributed by atoms with van der Waals surface area (Å²) in [5.41, 5.74) is 0.886. The van der Waals surface area contributed by atoms with E-state index in [9.17, 15) is 14.4 Å². The normalized spacial score (nSPS) is 16.6. The Balaban J connectivity index is 1.43. The van der Waals surface area contributed by atoms with E-state index >= 15 is 0 Å². The van der Waals surface area contributed by atoms with Crippen molar-refractivity contribution in [1.29, 1.82) is 0 Å². The van der Waals surface area contributed by atoms with Crippen LogP contribution >= 0.6 is 0 Å². The number of esters is 1. The molecule has 2 heterocycles. The van der Waals surface area contributed by atoms with Gasteiger partial charge in [0, 0.05) is 13.1 Å². The van der Waals surface area contributed by atoms with Gasteiger partial charge in [-0.3, -0.25) is 14.4 Å². The van der Waals surface area contributed by atoms with E-state index in [0.717, 1.165) is 12.0 Å². The standard InChI is InChI=1S/C20H22N2O5/c23-18(27-14-15-6-2-1-3-7-15)12-21-19(24)16-8-4-10-22(13-16)20(25)17-9-5-11-26-17/h1-3,5-7,9,11,16H,4,8,10,12-14H2,(H,21,24). The van der Waals surface area contributed by atoms with Crippen LogP contribution in [0.2, 0.25) is 0 Å². The quantitative estimate of drug-likeness (QED) is 0.786. The average molecular weight is 370 g/mol. The molecule has 0 spiro atoms. The van der Waals surface area contributed by atoms with Crippen LogP contribution in [0.25, 0.3) is 0 Å². The first-order valence-corrected chi connectivity index (χ1v) is 8.93. The second-order valence-corrected chi connectivity index (χ2v) is 6.43. The molecule has 1 aliphatic heterocycles. The van der Waals surface area contributed by atoms with E-state index in [1.165, 1.54) is 6.26 Å². The molecule has 27 heavy (non-hydrogen) atoms. The molecule has 2 amide bonds. The lowest BCUT2D eigenvalue weighted by molar-refractivity contribution is -0.145. The maximum Gasteiger partial charge on any atom is 0.325 e. The summed E-state index contributed by atoms with van der Waals surface area (Å²) in [6.07, 6.45) is 2.85. The summed E-state index contributed by atoms with van der Waals surface area (Å²) in [7, 11) is 0. The van der Waals surface area contributed by atoms with Gasteiger partial charge in [-0.2, -0.15) is 0 Å². The maximum atomic E-state index is 12.4. The van der Waals surface area contributed by atoms with Crippen molar-refractivity contribution >= 4 is 17.8 Å². The number of amides is 2. The summed E-state index contributed by atoms with van der Waals surface area (Å²) in [5.74, 6) is -1.05. The zero-order chi connectivity index (χ0) is 19.1. The van der Waals surface area contributed by atoms with E-state index in [1.54, 1.807) is 17.0 Å². The Hall–Kier alpha value is -3.09. The lowest BCUT2D eigenvalue weighted by Gasteiger charge is -2.31. The number of piperidine rings is 1. The molecule has 0 aliphatic carbocycles. The molecule has 2 aromatic rings. The molecular weight excluding hydrogens is 348 g/mol. The lowest BCUT2D eigenvalue weighted by Crippen LogP contribution is -2.46. The highest BCUT2D eigenvalue weighted by atomic mass is 16.5. The smallest absolute Gasteiger partial charge is 0.325 e. The molecule has 1 atom stereocenters.